The Hall–Kier alpha value is -1.36. The minimum Gasteiger partial charge on any atom is -0.481 e. The first-order chi connectivity index (χ1) is 9.55. The van der Waals surface area contributed by atoms with Gasteiger partial charge in [0, 0.05) is 6.54 Å². The maximum atomic E-state index is 12.1. The highest BCUT2D eigenvalue weighted by molar-refractivity contribution is 7.08. The van der Waals surface area contributed by atoms with Gasteiger partial charge in [-0.2, -0.15) is 11.3 Å². The van der Waals surface area contributed by atoms with Gasteiger partial charge < -0.3 is 10.4 Å². The van der Waals surface area contributed by atoms with Crippen molar-refractivity contribution in [1.29, 1.82) is 0 Å². The minimum absolute atomic E-state index is 0.0883. The van der Waals surface area contributed by atoms with E-state index in [1.54, 1.807) is 11.3 Å². The number of hydrogen-bond donors (Lipinski definition) is 2. The first-order valence-electron chi connectivity index (χ1n) is 7.08. The first kappa shape index (κ1) is 15.0. The second kappa shape index (κ2) is 6.39. The predicted octanol–water partition coefficient (Wildman–Crippen LogP) is 3.00. The van der Waals surface area contributed by atoms with Crippen molar-refractivity contribution < 1.29 is 14.7 Å². The van der Waals surface area contributed by atoms with Gasteiger partial charge in [-0.3, -0.25) is 9.59 Å². The van der Waals surface area contributed by atoms with Crippen molar-refractivity contribution in [3.05, 3.63) is 22.4 Å². The monoisotopic (exact) mass is 295 g/mol. The molecule has 5 heteroatoms. The largest absolute Gasteiger partial charge is 0.481 e. The van der Waals surface area contributed by atoms with Crippen molar-refractivity contribution in [1.82, 2.24) is 5.32 Å². The predicted molar refractivity (Wildman–Crippen MR) is 78.9 cm³/mol. The van der Waals surface area contributed by atoms with Gasteiger partial charge in [-0.05, 0) is 42.2 Å². The molecule has 1 aliphatic carbocycles. The molecule has 1 amide bonds. The van der Waals surface area contributed by atoms with Gasteiger partial charge in [0.05, 0.1) is 11.3 Å². The third-order valence-corrected chi connectivity index (χ3v) is 5.00. The van der Waals surface area contributed by atoms with Gasteiger partial charge in [0.15, 0.2) is 0 Å². The number of amides is 1. The average molecular weight is 295 g/mol. The highest BCUT2D eigenvalue weighted by Gasteiger charge is 2.40. The molecule has 20 heavy (non-hydrogen) atoms. The third kappa shape index (κ3) is 3.20. The van der Waals surface area contributed by atoms with E-state index in [1.807, 2.05) is 23.8 Å². The van der Waals surface area contributed by atoms with Crippen molar-refractivity contribution in [2.45, 2.75) is 44.9 Å². The smallest absolute Gasteiger partial charge is 0.311 e. The van der Waals surface area contributed by atoms with Gasteiger partial charge >= 0.3 is 5.97 Å². The molecule has 0 saturated heterocycles. The zero-order valence-electron chi connectivity index (χ0n) is 11.7. The summed E-state index contributed by atoms with van der Waals surface area (Å²) in [5.74, 6) is -1.09. The number of carbonyl (C=O) groups excluding carboxylic acids is 1. The van der Waals surface area contributed by atoms with Gasteiger partial charge in [0.25, 0.3) is 0 Å². The molecule has 110 valence electrons. The molecule has 4 nitrogen and oxygen atoms in total. The Morgan fingerprint density at radius 2 is 2.10 bits per heavy atom. The van der Waals surface area contributed by atoms with Crippen LogP contribution in [-0.2, 0) is 9.59 Å². The summed E-state index contributed by atoms with van der Waals surface area (Å²) in [6, 6.07) is 1.93. The highest BCUT2D eigenvalue weighted by Crippen LogP contribution is 2.36. The highest BCUT2D eigenvalue weighted by atomic mass is 32.1. The maximum Gasteiger partial charge on any atom is 0.311 e. The lowest BCUT2D eigenvalue weighted by atomic mass is 9.74. The van der Waals surface area contributed by atoms with Crippen molar-refractivity contribution in [3.63, 3.8) is 0 Å². The van der Waals surface area contributed by atoms with Gasteiger partial charge in [-0.15, -0.1) is 0 Å². The molecule has 1 fully saturated rings. The van der Waals surface area contributed by atoms with E-state index in [9.17, 15) is 14.7 Å². The van der Waals surface area contributed by atoms with Crippen LogP contribution < -0.4 is 5.32 Å². The number of thiophene rings is 1. The van der Waals surface area contributed by atoms with E-state index in [-0.39, 0.29) is 18.4 Å². The molecule has 1 aromatic heterocycles. The second-order valence-electron chi connectivity index (χ2n) is 5.64. The molecule has 0 aromatic carbocycles. The molecule has 0 radical (unpaired) electrons. The summed E-state index contributed by atoms with van der Waals surface area (Å²) in [4.78, 5) is 23.7. The van der Waals surface area contributed by atoms with E-state index < -0.39 is 11.4 Å². The summed E-state index contributed by atoms with van der Waals surface area (Å²) in [7, 11) is 0. The summed E-state index contributed by atoms with van der Waals surface area (Å²) >= 11 is 1.56. The van der Waals surface area contributed by atoms with Crippen LogP contribution in [0.4, 0.5) is 0 Å². The van der Waals surface area contributed by atoms with Crippen molar-refractivity contribution in [2.24, 2.45) is 5.41 Å². The van der Waals surface area contributed by atoms with Crippen molar-refractivity contribution >= 4 is 23.2 Å². The van der Waals surface area contributed by atoms with Crippen molar-refractivity contribution in [2.75, 3.05) is 6.54 Å². The zero-order valence-corrected chi connectivity index (χ0v) is 12.5. The molecule has 1 heterocycles. The summed E-state index contributed by atoms with van der Waals surface area (Å²) in [6.07, 6.45) is 4.28. The molecule has 0 aliphatic heterocycles. The topological polar surface area (TPSA) is 66.4 Å². The lowest BCUT2D eigenvalue weighted by molar-refractivity contribution is -0.151. The molecule has 1 saturated carbocycles. The fourth-order valence-corrected chi connectivity index (χ4v) is 3.53. The summed E-state index contributed by atoms with van der Waals surface area (Å²) in [6.45, 7) is 2.10. The summed E-state index contributed by atoms with van der Waals surface area (Å²) in [5.41, 5.74) is 0.225. The van der Waals surface area contributed by atoms with Crippen molar-refractivity contribution in [3.8, 4) is 0 Å². The van der Waals surface area contributed by atoms with Gasteiger partial charge in [0.2, 0.25) is 5.91 Å². The minimum atomic E-state index is -0.777. The molecule has 1 atom stereocenters. The molecule has 1 aliphatic rings. The Labute approximate surface area is 123 Å². The Morgan fingerprint density at radius 1 is 1.40 bits per heavy atom. The Bertz CT molecular complexity index is 463. The van der Waals surface area contributed by atoms with Crippen LogP contribution in [0.25, 0.3) is 0 Å². The number of hydrogen-bond acceptors (Lipinski definition) is 3. The number of nitrogens with one attached hydrogen (secondary N) is 1. The molecule has 1 aromatic rings. The van der Waals surface area contributed by atoms with Gasteiger partial charge in [-0.1, -0.05) is 19.3 Å². The third-order valence-electron chi connectivity index (χ3n) is 4.30. The fraction of sp³-hybridized carbons (Fsp3) is 0.600. The number of rotatable bonds is 5. The van der Waals surface area contributed by atoms with Crippen LogP contribution in [0.2, 0.25) is 0 Å². The Morgan fingerprint density at radius 3 is 2.65 bits per heavy atom. The molecule has 0 spiro atoms. The Balaban J connectivity index is 1.95. The van der Waals surface area contributed by atoms with E-state index in [0.717, 1.165) is 24.8 Å². The van der Waals surface area contributed by atoms with E-state index in [1.165, 1.54) is 0 Å². The van der Waals surface area contributed by atoms with Gasteiger partial charge in [0.1, 0.15) is 0 Å². The lowest BCUT2D eigenvalue weighted by Gasteiger charge is -2.33. The number of carboxylic acids is 1. The zero-order chi connectivity index (χ0) is 14.6. The second-order valence-corrected chi connectivity index (χ2v) is 6.42. The number of carbonyl (C=O) groups is 2. The van der Waals surface area contributed by atoms with Gasteiger partial charge in [-0.25, -0.2) is 0 Å². The van der Waals surface area contributed by atoms with E-state index in [2.05, 4.69) is 5.32 Å². The Kier molecular flexibility index (Phi) is 4.81. The van der Waals surface area contributed by atoms with Crippen LogP contribution in [0, 0.1) is 5.41 Å². The first-order valence-corrected chi connectivity index (χ1v) is 8.03. The molecular weight excluding hydrogens is 274 g/mol. The molecule has 0 bridgehead atoms. The quantitative estimate of drug-likeness (QED) is 0.877. The molecule has 2 rings (SSSR count). The average Bonchev–Trinajstić information content (AvgIpc) is 2.99. The normalized spacial score (nSPS) is 19.2. The van der Waals surface area contributed by atoms with Crippen LogP contribution in [-0.4, -0.2) is 23.5 Å². The molecule has 1 unspecified atom stereocenters. The SMILES string of the molecule is CC(C(=O)NCC1(C(=O)O)CCCCC1)c1ccsc1. The van der Waals surface area contributed by atoms with Crippen LogP contribution in [0.15, 0.2) is 16.8 Å². The molecular formula is C15H21NO3S. The summed E-state index contributed by atoms with van der Waals surface area (Å²) in [5, 5.41) is 16.2. The summed E-state index contributed by atoms with van der Waals surface area (Å²) < 4.78 is 0. The maximum absolute atomic E-state index is 12.1. The van der Waals surface area contributed by atoms with Crippen LogP contribution in [0.3, 0.4) is 0 Å². The standard InChI is InChI=1S/C15H21NO3S/c1-11(12-5-8-20-9-12)13(17)16-10-15(14(18)19)6-3-2-4-7-15/h5,8-9,11H,2-4,6-7,10H2,1H3,(H,16,17)(H,18,19). The van der Waals surface area contributed by atoms with Crippen LogP contribution in [0.5, 0.6) is 0 Å². The molecule has 2 N–H and O–H groups in total. The fourth-order valence-electron chi connectivity index (χ4n) is 2.78. The number of aliphatic carboxylic acids is 1. The van der Waals surface area contributed by atoms with Crippen LogP contribution >= 0.6 is 11.3 Å². The van der Waals surface area contributed by atoms with E-state index in [0.29, 0.717) is 12.8 Å². The van der Waals surface area contributed by atoms with Crippen LogP contribution in [0.1, 0.15) is 50.5 Å². The van der Waals surface area contributed by atoms with E-state index in [4.69, 9.17) is 0 Å². The van der Waals surface area contributed by atoms with E-state index >= 15 is 0 Å². The lowest BCUT2D eigenvalue weighted by Crippen LogP contribution is -2.45. The number of carboxylic acid groups (broad SMARTS) is 1.